The number of sulfonamides is 1. The molecule has 6 nitrogen and oxygen atoms in total. The van der Waals surface area contributed by atoms with Crippen molar-refractivity contribution in [3.63, 3.8) is 0 Å². The van der Waals surface area contributed by atoms with Crippen LogP contribution in [0.2, 0.25) is 0 Å². The molecular formula is C17H30N2O4S. The number of hydrogen-bond acceptors (Lipinski definition) is 4. The van der Waals surface area contributed by atoms with Crippen LogP contribution in [-0.2, 0) is 19.6 Å². The number of ether oxygens (including phenoxy) is 1. The first-order valence-electron chi connectivity index (χ1n) is 9.29. The van der Waals surface area contributed by atoms with Gasteiger partial charge in [-0.15, -0.1) is 0 Å². The summed E-state index contributed by atoms with van der Waals surface area (Å²) in [5.41, 5.74) is 0. The predicted molar refractivity (Wildman–Crippen MR) is 92.1 cm³/mol. The van der Waals surface area contributed by atoms with E-state index in [1.807, 2.05) is 4.90 Å². The molecule has 0 spiro atoms. The molecule has 24 heavy (non-hydrogen) atoms. The minimum atomic E-state index is -3.18. The third-order valence-corrected chi connectivity index (χ3v) is 7.07. The van der Waals surface area contributed by atoms with E-state index in [1.165, 1.54) is 23.4 Å². The van der Waals surface area contributed by atoms with E-state index in [2.05, 4.69) is 0 Å². The van der Waals surface area contributed by atoms with Crippen LogP contribution in [0, 0.1) is 5.92 Å². The van der Waals surface area contributed by atoms with Crippen LogP contribution < -0.4 is 0 Å². The highest BCUT2D eigenvalue weighted by atomic mass is 32.2. The molecule has 3 fully saturated rings. The van der Waals surface area contributed by atoms with E-state index < -0.39 is 10.0 Å². The van der Waals surface area contributed by atoms with Gasteiger partial charge in [0.25, 0.3) is 0 Å². The maximum Gasteiger partial charge on any atom is 0.223 e. The number of nitrogens with zero attached hydrogens (tertiary/aromatic N) is 2. The van der Waals surface area contributed by atoms with Gasteiger partial charge in [-0.3, -0.25) is 4.79 Å². The molecule has 3 rings (SSSR count). The zero-order valence-corrected chi connectivity index (χ0v) is 15.5. The second-order valence-electron chi connectivity index (χ2n) is 7.56. The van der Waals surface area contributed by atoms with Crippen LogP contribution in [0.3, 0.4) is 0 Å². The predicted octanol–water partition coefficient (Wildman–Crippen LogP) is 1.61. The van der Waals surface area contributed by atoms with Crippen LogP contribution in [0.5, 0.6) is 0 Å². The number of amides is 1. The standard InChI is InChI=1S/C17H30N2O4S/c1-24(21,22)18-9-6-16(13-18)19(15-7-10-23-11-8-15)17(20)12-14-4-2-3-5-14/h14-16H,2-13H2,1H3. The Morgan fingerprint density at radius 2 is 1.75 bits per heavy atom. The normalized spacial score (nSPS) is 27.6. The SMILES string of the molecule is CS(=O)(=O)N1CCC(N(C(=O)CC2CCCC2)C2CCOCC2)C1. The molecule has 2 heterocycles. The first-order chi connectivity index (χ1) is 11.4. The maximum absolute atomic E-state index is 13.1. The summed E-state index contributed by atoms with van der Waals surface area (Å²) in [4.78, 5) is 15.1. The van der Waals surface area contributed by atoms with Crippen molar-refractivity contribution in [1.82, 2.24) is 9.21 Å². The second-order valence-corrected chi connectivity index (χ2v) is 9.55. The molecular weight excluding hydrogens is 328 g/mol. The number of carbonyl (C=O) groups is 1. The Kier molecular flexibility index (Phi) is 5.82. The molecule has 7 heteroatoms. The van der Waals surface area contributed by atoms with Crippen molar-refractivity contribution in [3.05, 3.63) is 0 Å². The summed E-state index contributed by atoms with van der Waals surface area (Å²) in [6, 6.07) is 0.230. The highest BCUT2D eigenvalue weighted by molar-refractivity contribution is 7.88. The van der Waals surface area contributed by atoms with Crippen molar-refractivity contribution >= 4 is 15.9 Å². The molecule has 1 atom stereocenters. The van der Waals surface area contributed by atoms with Crippen LogP contribution in [0.4, 0.5) is 0 Å². The van der Waals surface area contributed by atoms with Gasteiger partial charge >= 0.3 is 0 Å². The lowest BCUT2D eigenvalue weighted by Gasteiger charge is -2.39. The summed E-state index contributed by atoms with van der Waals surface area (Å²) in [5.74, 6) is 0.751. The van der Waals surface area contributed by atoms with Crippen molar-refractivity contribution in [2.75, 3.05) is 32.6 Å². The van der Waals surface area contributed by atoms with Crippen LogP contribution in [0.25, 0.3) is 0 Å². The van der Waals surface area contributed by atoms with E-state index in [0.717, 1.165) is 32.1 Å². The van der Waals surface area contributed by atoms with Crippen LogP contribution >= 0.6 is 0 Å². The molecule has 138 valence electrons. The minimum Gasteiger partial charge on any atom is -0.381 e. The molecule has 1 amide bonds. The topological polar surface area (TPSA) is 66.9 Å². The lowest BCUT2D eigenvalue weighted by molar-refractivity contribution is -0.139. The Morgan fingerprint density at radius 1 is 1.08 bits per heavy atom. The van der Waals surface area contributed by atoms with Gasteiger partial charge in [0.15, 0.2) is 0 Å². The summed E-state index contributed by atoms with van der Waals surface area (Å²) >= 11 is 0. The fraction of sp³-hybridized carbons (Fsp3) is 0.941. The molecule has 1 saturated carbocycles. The second kappa shape index (κ2) is 7.70. The molecule has 3 aliphatic rings. The largest absolute Gasteiger partial charge is 0.381 e. The average Bonchev–Trinajstić information content (AvgIpc) is 3.20. The highest BCUT2D eigenvalue weighted by Gasteiger charge is 2.38. The zero-order valence-electron chi connectivity index (χ0n) is 14.7. The van der Waals surface area contributed by atoms with E-state index in [1.54, 1.807) is 0 Å². The van der Waals surface area contributed by atoms with Crippen molar-refractivity contribution in [2.24, 2.45) is 5.92 Å². The van der Waals surface area contributed by atoms with Gasteiger partial charge in [0.2, 0.25) is 15.9 Å². The van der Waals surface area contributed by atoms with Crippen molar-refractivity contribution in [3.8, 4) is 0 Å². The molecule has 1 aliphatic carbocycles. The summed E-state index contributed by atoms with van der Waals surface area (Å²) in [7, 11) is -3.18. The molecule has 0 aromatic rings. The Morgan fingerprint density at radius 3 is 2.33 bits per heavy atom. The van der Waals surface area contributed by atoms with Crippen molar-refractivity contribution in [1.29, 1.82) is 0 Å². The quantitative estimate of drug-likeness (QED) is 0.749. The van der Waals surface area contributed by atoms with Crippen LogP contribution in [0.15, 0.2) is 0 Å². The Hall–Kier alpha value is -0.660. The minimum absolute atomic E-state index is 0.0247. The Balaban J connectivity index is 1.70. The van der Waals surface area contributed by atoms with Gasteiger partial charge in [0, 0.05) is 44.8 Å². The van der Waals surface area contributed by atoms with Gasteiger partial charge in [-0.25, -0.2) is 12.7 Å². The van der Waals surface area contributed by atoms with E-state index in [-0.39, 0.29) is 18.0 Å². The van der Waals surface area contributed by atoms with Gasteiger partial charge in [0.05, 0.1) is 6.26 Å². The third kappa shape index (κ3) is 4.29. The van der Waals surface area contributed by atoms with Gasteiger partial charge in [-0.05, 0) is 38.0 Å². The van der Waals surface area contributed by atoms with Gasteiger partial charge in [-0.1, -0.05) is 12.8 Å². The van der Waals surface area contributed by atoms with E-state index >= 15 is 0 Å². The van der Waals surface area contributed by atoms with E-state index in [9.17, 15) is 13.2 Å². The van der Waals surface area contributed by atoms with Gasteiger partial charge < -0.3 is 9.64 Å². The highest BCUT2D eigenvalue weighted by Crippen LogP contribution is 2.31. The first-order valence-corrected chi connectivity index (χ1v) is 11.1. The van der Waals surface area contributed by atoms with E-state index in [4.69, 9.17) is 4.74 Å². The zero-order chi connectivity index (χ0) is 17.2. The number of hydrogen-bond donors (Lipinski definition) is 0. The molecule has 1 unspecified atom stereocenters. The van der Waals surface area contributed by atoms with Crippen molar-refractivity contribution < 1.29 is 17.9 Å². The maximum atomic E-state index is 13.1. The third-order valence-electron chi connectivity index (χ3n) is 5.80. The molecule has 0 bridgehead atoms. The van der Waals surface area contributed by atoms with Gasteiger partial charge in [-0.2, -0.15) is 0 Å². The summed E-state index contributed by atoms with van der Waals surface area (Å²) in [6.45, 7) is 2.37. The Bertz CT molecular complexity index is 539. The summed E-state index contributed by atoms with van der Waals surface area (Å²) in [6.07, 6.45) is 9.17. The first kappa shape index (κ1) is 18.1. The fourth-order valence-electron chi connectivity index (χ4n) is 4.47. The number of rotatable bonds is 5. The van der Waals surface area contributed by atoms with Crippen molar-refractivity contribution in [2.45, 2.75) is 63.5 Å². The summed E-state index contributed by atoms with van der Waals surface area (Å²) in [5, 5.41) is 0. The molecule has 0 radical (unpaired) electrons. The molecule has 0 aromatic carbocycles. The lowest BCUT2D eigenvalue weighted by atomic mass is 9.98. The van der Waals surface area contributed by atoms with Crippen LogP contribution in [0.1, 0.15) is 51.4 Å². The molecule has 2 aliphatic heterocycles. The molecule has 0 aromatic heterocycles. The number of carbonyl (C=O) groups excluding carboxylic acids is 1. The van der Waals surface area contributed by atoms with E-state index in [0.29, 0.717) is 38.6 Å². The summed E-state index contributed by atoms with van der Waals surface area (Å²) < 4.78 is 30.6. The lowest BCUT2D eigenvalue weighted by Crippen LogP contribution is -2.50. The van der Waals surface area contributed by atoms with Gasteiger partial charge in [0.1, 0.15) is 0 Å². The smallest absolute Gasteiger partial charge is 0.223 e. The fourth-order valence-corrected chi connectivity index (χ4v) is 5.35. The molecule has 2 saturated heterocycles. The Labute approximate surface area is 145 Å². The molecule has 0 N–H and O–H groups in total. The average molecular weight is 359 g/mol. The monoisotopic (exact) mass is 358 g/mol. The van der Waals surface area contributed by atoms with Crippen LogP contribution in [-0.4, -0.2) is 68.2 Å².